The fraction of sp³-hybridized carbons (Fsp3) is 0.933. The Morgan fingerprint density at radius 2 is 1.89 bits per heavy atom. The minimum absolute atomic E-state index is 0.224. The van der Waals surface area contributed by atoms with E-state index < -0.39 is 0 Å². The predicted molar refractivity (Wildman–Crippen MR) is 74.5 cm³/mol. The molecule has 3 unspecified atom stereocenters. The van der Waals surface area contributed by atoms with Crippen molar-refractivity contribution in [1.82, 2.24) is 10.6 Å². The number of nitrogens with one attached hydrogen (secondary N) is 2. The van der Waals surface area contributed by atoms with Crippen molar-refractivity contribution in [1.29, 1.82) is 0 Å². The maximum atomic E-state index is 12.3. The lowest BCUT2D eigenvalue weighted by atomic mass is 9.82. The van der Waals surface area contributed by atoms with Gasteiger partial charge in [0.25, 0.3) is 0 Å². The minimum atomic E-state index is -0.327. The molecule has 1 saturated heterocycles. The van der Waals surface area contributed by atoms with Gasteiger partial charge in [-0.1, -0.05) is 45.4 Å². The molecule has 2 rings (SSSR count). The van der Waals surface area contributed by atoms with Crippen molar-refractivity contribution in [3.8, 4) is 0 Å². The lowest BCUT2D eigenvalue weighted by molar-refractivity contribution is -0.132. The van der Waals surface area contributed by atoms with E-state index in [0.29, 0.717) is 12.1 Å². The van der Waals surface area contributed by atoms with Crippen molar-refractivity contribution < 1.29 is 4.79 Å². The summed E-state index contributed by atoms with van der Waals surface area (Å²) in [5.74, 6) is 0.224. The Hall–Kier alpha value is -0.570. The van der Waals surface area contributed by atoms with Crippen LogP contribution >= 0.6 is 0 Å². The van der Waals surface area contributed by atoms with Gasteiger partial charge in [-0.25, -0.2) is 0 Å². The molecule has 0 bridgehead atoms. The Labute approximate surface area is 111 Å². The van der Waals surface area contributed by atoms with Gasteiger partial charge in [0.15, 0.2) is 0 Å². The van der Waals surface area contributed by atoms with Crippen molar-refractivity contribution in [3.05, 3.63) is 0 Å². The summed E-state index contributed by atoms with van der Waals surface area (Å²) in [7, 11) is 0. The summed E-state index contributed by atoms with van der Waals surface area (Å²) in [5.41, 5.74) is -0.327. The third kappa shape index (κ3) is 3.05. The number of unbranched alkanes of at least 4 members (excludes halogenated alkanes) is 3. The number of carbonyl (C=O) groups is 1. The van der Waals surface area contributed by atoms with E-state index in [0.717, 1.165) is 19.3 Å². The summed E-state index contributed by atoms with van der Waals surface area (Å²) in [6.07, 6.45) is 10.8. The van der Waals surface area contributed by atoms with E-state index in [1.165, 1.54) is 38.5 Å². The lowest BCUT2D eigenvalue weighted by Crippen LogP contribution is -2.70. The van der Waals surface area contributed by atoms with Crippen molar-refractivity contribution in [3.63, 3.8) is 0 Å². The molecule has 18 heavy (non-hydrogen) atoms. The molecule has 0 radical (unpaired) electrons. The van der Waals surface area contributed by atoms with Gasteiger partial charge in [-0.3, -0.25) is 10.1 Å². The molecule has 2 N–H and O–H groups in total. The number of amides is 1. The Bertz CT molecular complexity index is 292. The van der Waals surface area contributed by atoms with Crippen molar-refractivity contribution in [2.24, 2.45) is 0 Å². The Balaban J connectivity index is 1.88. The third-order valence-corrected chi connectivity index (χ3v) is 4.62. The van der Waals surface area contributed by atoms with Crippen LogP contribution in [0.1, 0.15) is 71.6 Å². The number of fused-ring (bicyclic) bond motifs is 1. The standard InChI is InChI=1S/C15H28N2O/c1-3-4-5-8-11-15(2)14(18)16-12-9-6-7-10-13(12)17-15/h12-13,17H,3-11H2,1-2H3,(H,16,18). The average Bonchev–Trinajstić information content (AvgIpc) is 2.36. The van der Waals surface area contributed by atoms with Gasteiger partial charge in [0.1, 0.15) is 0 Å². The van der Waals surface area contributed by atoms with E-state index in [4.69, 9.17) is 0 Å². The first-order valence-electron chi connectivity index (χ1n) is 7.74. The SMILES string of the molecule is CCCCCCC1(C)NC2CCCCC2NC1=O. The zero-order valence-corrected chi connectivity index (χ0v) is 11.9. The fourth-order valence-electron chi connectivity index (χ4n) is 3.37. The van der Waals surface area contributed by atoms with E-state index in [-0.39, 0.29) is 11.4 Å². The highest BCUT2D eigenvalue weighted by Gasteiger charge is 2.43. The Kier molecular flexibility index (Phi) is 4.66. The van der Waals surface area contributed by atoms with Crippen LogP contribution in [0.2, 0.25) is 0 Å². The number of hydrogen-bond donors (Lipinski definition) is 2. The zero-order chi connectivity index (χ0) is 13.0. The van der Waals surface area contributed by atoms with Crippen LogP contribution in [0.3, 0.4) is 0 Å². The van der Waals surface area contributed by atoms with E-state index in [1.807, 2.05) is 0 Å². The van der Waals surface area contributed by atoms with Gasteiger partial charge >= 0.3 is 0 Å². The van der Waals surface area contributed by atoms with Crippen LogP contribution in [-0.4, -0.2) is 23.5 Å². The molecule has 3 nitrogen and oxygen atoms in total. The molecule has 0 aromatic heterocycles. The predicted octanol–water partition coefficient (Wildman–Crippen LogP) is 2.75. The van der Waals surface area contributed by atoms with Crippen molar-refractivity contribution in [2.45, 2.75) is 89.3 Å². The fourth-order valence-corrected chi connectivity index (χ4v) is 3.37. The average molecular weight is 252 g/mol. The van der Waals surface area contributed by atoms with Crippen LogP contribution < -0.4 is 10.6 Å². The van der Waals surface area contributed by atoms with Gasteiger partial charge < -0.3 is 5.32 Å². The number of piperazine rings is 1. The molecule has 3 atom stereocenters. The molecule has 1 heterocycles. The molecule has 3 heteroatoms. The van der Waals surface area contributed by atoms with Gasteiger partial charge in [0, 0.05) is 12.1 Å². The molecule has 1 aliphatic carbocycles. The molecule has 0 aromatic rings. The van der Waals surface area contributed by atoms with Gasteiger partial charge in [-0.2, -0.15) is 0 Å². The maximum absolute atomic E-state index is 12.3. The molecule has 104 valence electrons. The van der Waals surface area contributed by atoms with Crippen LogP contribution in [0.15, 0.2) is 0 Å². The molecule has 2 aliphatic rings. The van der Waals surface area contributed by atoms with Gasteiger partial charge in [0.05, 0.1) is 5.54 Å². The highest BCUT2D eigenvalue weighted by molar-refractivity contribution is 5.87. The summed E-state index contributed by atoms with van der Waals surface area (Å²) in [4.78, 5) is 12.3. The Morgan fingerprint density at radius 1 is 1.17 bits per heavy atom. The van der Waals surface area contributed by atoms with Crippen molar-refractivity contribution in [2.75, 3.05) is 0 Å². The van der Waals surface area contributed by atoms with Gasteiger partial charge in [-0.15, -0.1) is 0 Å². The quantitative estimate of drug-likeness (QED) is 0.739. The van der Waals surface area contributed by atoms with E-state index in [9.17, 15) is 4.79 Å². The van der Waals surface area contributed by atoms with Crippen LogP contribution in [0.25, 0.3) is 0 Å². The molecule has 1 amide bonds. The maximum Gasteiger partial charge on any atom is 0.240 e. The molecule has 2 fully saturated rings. The normalized spacial score (nSPS) is 36.0. The second-order valence-corrected chi connectivity index (χ2v) is 6.26. The Morgan fingerprint density at radius 3 is 2.61 bits per heavy atom. The van der Waals surface area contributed by atoms with E-state index >= 15 is 0 Å². The lowest BCUT2D eigenvalue weighted by Gasteiger charge is -2.46. The summed E-state index contributed by atoms with van der Waals surface area (Å²) in [5, 5.41) is 6.89. The largest absolute Gasteiger partial charge is 0.350 e. The summed E-state index contributed by atoms with van der Waals surface area (Å²) >= 11 is 0. The molecular formula is C15H28N2O. The molecule has 1 aliphatic heterocycles. The van der Waals surface area contributed by atoms with Gasteiger partial charge in [0.2, 0.25) is 5.91 Å². The minimum Gasteiger partial charge on any atom is -0.350 e. The number of carbonyl (C=O) groups excluding carboxylic acids is 1. The van der Waals surface area contributed by atoms with Crippen LogP contribution in [0.5, 0.6) is 0 Å². The summed E-state index contributed by atoms with van der Waals surface area (Å²) < 4.78 is 0. The third-order valence-electron chi connectivity index (χ3n) is 4.62. The summed E-state index contributed by atoms with van der Waals surface area (Å²) in [6.45, 7) is 4.30. The highest BCUT2D eigenvalue weighted by Crippen LogP contribution is 2.27. The van der Waals surface area contributed by atoms with Gasteiger partial charge in [-0.05, 0) is 26.2 Å². The summed E-state index contributed by atoms with van der Waals surface area (Å²) in [6, 6.07) is 0.891. The van der Waals surface area contributed by atoms with Crippen LogP contribution in [-0.2, 0) is 4.79 Å². The second kappa shape index (κ2) is 6.05. The molecule has 1 saturated carbocycles. The van der Waals surface area contributed by atoms with Crippen LogP contribution in [0.4, 0.5) is 0 Å². The van der Waals surface area contributed by atoms with Crippen molar-refractivity contribution >= 4 is 5.91 Å². The monoisotopic (exact) mass is 252 g/mol. The van der Waals surface area contributed by atoms with E-state index in [2.05, 4.69) is 24.5 Å². The van der Waals surface area contributed by atoms with E-state index in [1.54, 1.807) is 0 Å². The number of hydrogen-bond acceptors (Lipinski definition) is 2. The first-order chi connectivity index (χ1) is 8.65. The molecule has 0 aromatic carbocycles. The second-order valence-electron chi connectivity index (χ2n) is 6.26. The molecule has 0 spiro atoms. The highest BCUT2D eigenvalue weighted by atomic mass is 16.2. The number of rotatable bonds is 5. The first-order valence-corrected chi connectivity index (χ1v) is 7.74. The first kappa shape index (κ1) is 13.9. The topological polar surface area (TPSA) is 41.1 Å². The van der Waals surface area contributed by atoms with Crippen LogP contribution in [0, 0.1) is 0 Å². The zero-order valence-electron chi connectivity index (χ0n) is 11.9. The molecular weight excluding hydrogens is 224 g/mol. The smallest absolute Gasteiger partial charge is 0.240 e.